The number of tetrazole rings is 1. The summed E-state index contributed by atoms with van der Waals surface area (Å²) < 4.78 is 1.94. The Labute approximate surface area is 132 Å². The highest BCUT2D eigenvalue weighted by Gasteiger charge is 2.28. The van der Waals surface area contributed by atoms with Crippen LogP contribution in [0.4, 0.5) is 0 Å². The highest BCUT2D eigenvalue weighted by atomic mass is 15.6. The Morgan fingerprint density at radius 2 is 2.00 bits per heavy atom. The largest absolute Gasteiger partial charge is 0.289 e. The molecule has 0 spiro atoms. The van der Waals surface area contributed by atoms with E-state index in [0.29, 0.717) is 6.04 Å². The van der Waals surface area contributed by atoms with Gasteiger partial charge in [0.25, 0.3) is 0 Å². The lowest BCUT2D eigenvalue weighted by molar-refractivity contribution is 0.159. The summed E-state index contributed by atoms with van der Waals surface area (Å²) in [5.74, 6) is 0.949. The molecule has 1 aromatic carbocycles. The van der Waals surface area contributed by atoms with E-state index in [2.05, 4.69) is 72.4 Å². The van der Waals surface area contributed by atoms with E-state index < -0.39 is 0 Å². The van der Waals surface area contributed by atoms with Crippen LogP contribution in [0.2, 0.25) is 0 Å². The summed E-state index contributed by atoms with van der Waals surface area (Å²) in [6.07, 6.45) is 2.21. The van der Waals surface area contributed by atoms with Gasteiger partial charge in [-0.3, -0.25) is 4.90 Å². The zero-order valence-electron chi connectivity index (χ0n) is 14.0. The molecule has 2 aromatic rings. The van der Waals surface area contributed by atoms with Crippen molar-refractivity contribution in [3.05, 3.63) is 41.2 Å². The molecule has 0 unspecified atom stereocenters. The fraction of sp³-hybridized carbons (Fsp3) is 0.588. The molecule has 22 heavy (non-hydrogen) atoms. The normalized spacial score (nSPS) is 19.2. The van der Waals surface area contributed by atoms with E-state index in [1.165, 1.54) is 11.1 Å². The lowest BCUT2D eigenvalue weighted by Gasteiger charge is -2.37. The van der Waals surface area contributed by atoms with Gasteiger partial charge < -0.3 is 0 Å². The lowest BCUT2D eigenvalue weighted by Crippen LogP contribution is -2.37. The molecule has 0 amide bonds. The quantitative estimate of drug-likeness (QED) is 0.874. The van der Waals surface area contributed by atoms with Crippen molar-refractivity contribution in [1.82, 2.24) is 25.1 Å². The molecule has 5 heteroatoms. The van der Waals surface area contributed by atoms with Crippen molar-refractivity contribution in [2.75, 3.05) is 6.54 Å². The van der Waals surface area contributed by atoms with Crippen LogP contribution in [0.25, 0.3) is 0 Å². The molecule has 0 bridgehead atoms. The average Bonchev–Trinajstić information content (AvgIpc) is 2.95. The van der Waals surface area contributed by atoms with Gasteiger partial charge in [-0.25, -0.2) is 4.68 Å². The molecule has 1 aliphatic rings. The molecular weight excluding hydrogens is 274 g/mol. The summed E-state index contributed by atoms with van der Waals surface area (Å²) in [5.41, 5.74) is 2.86. The number of hydrogen-bond acceptors (Lipinski definition) is 4. The molecule has 5 nitrogen and oxygen atoms in total. The topological polar surface area (TPSA) is 46.8 Å². The monoisotopic (exact) mass is 299 g/mol. The molecule has 0 radical (unpaired) electrons. The Hall–Kier alpha value is -1.75. The van der Waals surface area contributed by atoms with Crippen molar-refractivity contribution in [3.8, 4) is 0 Å². The predicted molar refractivity (Wildman–Crippen MR) is 86.4 cm³/mol. The van der Waals surface area contributed by atoms with Crippen LogP contribution >= 0.6 is 0 Å². The van der Waals surface area contributed by atoms with Gasteiger partial charge >= 0.3 is 0 Å². The highest BCUT2D eigenvalue weighted by Crippen LogP contribution is 2.33. The summed E-state index contributed by atoms with van der Waals surface area (Å²) in [4.78, 5) is 2.51. The highest BCUT2D eigenvalue weighted by molar-refractivity contribution is 5.32. The van der Waals surface area contributed by atoms with E-state index in [9.17, 15) is 0 Å². The van der Waals surface area contributed by atoms with E-state index in [1.54, 1.807) is 0 Å². The van der Waals surface area contributed by atoms with E-state index in [0.717, 1.165) is 31.8 Å². The van der Waals surface area contributed by atoms with Gasteiger partial charge in [0.15, 0.2) is 5.82 Å². The standard InChI is InChI=1S/C17H25N5/c1-5-15-14-9-7-6-8-13(14)10-11-21(15)12-16-18-19-20-22(16)17(2,3)4/h6-9,15H,5,10-12H2,1-4H3/t15-/m0/s1. The van der Waals surface area contributed by atoms with Gasteiger partial charge in [-0.1, -0.05) is 31.2 Å². The SMILES string of the molecule is CC[C@H]1c2ccccc2CCN1Cc1nnnn1C(C)(C)C. The smallest absolute Gasteiger partial charge is 0.165 e. The molecule has 0 N–H and O–H groups in total. The van der Waals surface area contributed by atoms with Crippen LogP contribution in [0.15, 0.2) is 24.3 Å². The van der Waals surface area contributed by atoms with Crippen LogP contribution in [-0.2, 0) is 18.5 Å². The van der Waals surface area contributed by atoms with Crippen LogP contribution in [0.5, 0.6) is 0 Å². The summed E-state index contributed by atoms with van der Waals surface area (Å²) in [7, 11) is 0. The lowest BCUT2D eigenvalue weighted by atomic mass is 9.91. The Balaban J connectivity index is 1.86. The van der Waals surface area contributed by atoms with Gasteiger partial charge in [0.1, 0.15) is 0 Å². The summed E-state index contributed by atoms with van der Waals surface area (Å²) >= 11 is 0. The second kappa shape index (κ2) is 5.80. The second-order valence-corrected chi connectivity index (χ2v) is 7.02. The van der Waals surface area contributed by atoms with Gasteiger partial charge in [0.2, 0.25) is 0 Å². The van der Waals surface area contributed by atoms with E-state index in [-0.39, 0.29) is 5.54 Å². The van der Waals surface area contributed by atoms with Gasteiger partial charge in [0, 0.05) is 12.6 Å². The second-order valence-electron chi connectivity index (χ2n) is 7.02. The van der Waals surface area contributed by atoms with Gasteiger partial charge in [0.05, 0.1) is 12.1 Å². The molecule has 0 saturated heterocycles. The maximum Gasteiger partial charge on any atom is 0.165 e. The minimum atomic E-state index is -0.0890. The number of benzene rings is 1. The average molecular weight is 299 g/mol. The third kappa shape index (κ3) is 2.77. The molecule has 1 aliphatic heterocycles. The minimum absolute atomic E-state index is 0.0890. The van der Waals surface area contributed by atoms with Crippen LogP contribution in [0, 0.1) is 0 Å². The van der Waals surface area contributed by atoms with E-state index in [4.69, 9.17) is 0 Å². The summed E-state index contributed by atoms with van der Waals surface area (Å²) in [6.45, 7) is 10.5. The Kier molecular flexibility index (Phi) is 4.00. The molecule has 0 fully saturated rings. The molecule has 1 aromatic heterocycles. The molecule has 1 atom stereocenters. The maximum atomic E-state index is 4.26. The first kappa shape index (κ1) is 15.2. The zero-order chi connectivity index (χ0) is 15.7. The fourth-order valence-corrected chi connectivity index (χ4v) is 3.38. The predicted octanol–water partition coefficient (Wildman–Crippen LogP) is 2.94. The Morgan fingerprint density at radius 1 is 1.23 bits per heavy atom. The van der Waals surface area contributed by atoms with Crippen molar-refractivity contribution in [2.45, 2.75) is 58.7 Å². The number of rotatable bonds is 3. The molecule has 2 heterocycles. The fourth-order valence-electron chi connectivity index (χ4n) is 3.38. The molecule has 3 rings (SSSR count). The van der Waals surface area contributed by atoms with Crippen molar-refractivity contribution >= 4 is 0 Å². The van der Waals surface area contributed by atoms with Gasteiger partial charge in [-0.2, -0.15) is 0 Å². The first-order valence-corrected chi connectivity index (χ1v) is 8.10. The first-order chi connectivity index (χ1) is 10.5. The van der Waals surface area contributed by atoms with Crippen molar-refractivity contribution in [3.63, 3.8) is 0 Å². The van der Waals surface area contributed by atoms with Crippen LogP contribution in [-0.4, -0.2) is 31.7 Å². The molecule has 0 saturated carbocycles. The minimum Gasteiger partial charge on any atom is -0.289 e. The number of nitrogens with zero attached hydrogens (tertiary/aromatic N) is 5. The van der Waals surface area contributed by atoms with Gasteiger partial charge in [-0.15, -0.1) is 5.10 Å². The van der Waals surface area contributed by atoms with E-state index in [1.807, 2.05) is 4.68 Å². The number of hydrogen-bond donors (Lipinski definition) is 0. The number of aromatic nitrogens is 4. The van der Waals surface area contributed by atoms with Gasteiger partial charge in [-0.05, 0) is 55.2 Å². The van der Waals surface area contributed by atoms with Crippen molar-refractivity contribution in [1.29, 1.82) is 0 Å². The van der Waals surface area contributed by atoms with Crippen LogP contribution < -0.4 is 0 Å². The number of fused-ring (bicyclic) bond motifs is 1. The van der Waals surface area contributed by atoms with Crippen molar-refractivity contribution < 1.29 is 0 Å². The molecule has 0 aliphatic carbocycles. The Morgan fingerprint density at radius 3 is 2.73 bits per heavy atom. The van der Waals surface area contributed by atoms with Crippen LogP contribution in [0.1, 0.15) is 57.1 Å². The summed E-state index contributed by atoms with van der Waals surface area (Å²) in [5, 5.41) is 12.3. The maximum absolute atomic E-state index is 4.26. The summed E-state index contributed by atoms with van der Waals surface area (Å²) in [6, 6.07) is 9.26. The third-order valence-electron chi connectivity index (χ3n) is 4.42. The third-order valence-corrected chi connectivity index (χ3v) is 4.42. The van der Waals surface area contributed by atoms with Crippen LogP contribution in [0.3, 0.4) is 0 Å². The Bertz CT molecular complexity index is 640. The molecular formula is C17H25N5. The molecule has 118 valence electrons. The van der Waals surface area contributed by atoms with E-state index >= 15 is 0 Å². The van der Waals surface area contributed by atoms with Crippen molar-refractivity contribution in [2.24, 2.45) is 0 Å². The zero-order valence-corrected chi connectivity index (χ0v) is 14.0. The first-order valence-electron chi connectivity index (χ1n) is 8.10.